The number of methoxy groups -OCH3 is 1. The molecule has 120 valence electrons. The van der Waals surface area contributed by atoms with E-state index in [1.165, 1.54) is 0 Å². The van der Waals surface area contributed by atoms with Crippen LogP contribution in [0.1, 0.15) is 11.1 Å². The van der Waals surface area contributed by atoms with Crippen molar-refractivity contribution >= 4 is 47.2 Å². The molecule has 0 amide bonds. The summed E-state index contributed by atoms with van der Waals surface area (Å²) in [7, 11) is 1.65. The molecule has 0 unspecified atom stereocenters. The molecular weight excluding hydrogens is 364 g/mol. The quantitative estimate of drug-likeness (QED) is 0.676. The van der Waals surface area contributed by atoms with Gasteiger partial charge in [0.1, 0.15) is 5.75 Å². The minimum atomic E-state index is 0. The fourth-order valence-electron chi connectivity index (χ4n) is 2.06. The Balaban J connectivity index is 0.00000242. The summed E-state index contributed by atoms with van der Waals surface area (Å²) in [6, 6.07) is 11.2. The predicted molar refractivity (Wildman–Crippen MR) is 97.1 cm³/mol. The lowest BCUT2D eigenvalue weighted by Gasteiger charge is -2.10. The second-order valence-electron chi connectivity index (χ2n) is 4.62. The van der Waals surface area contributed by atoms with E-state index in [-0.39, 0.29) is 12.4 Å². The van der Waals surface area contributed by atoms with Gasteiger partial charge in [-0.1, -0.05) is 40.9 Å². The number of nitrogens with one attached hydrogen (secondary N) is 1. The van der Waals surface area contributed by atoms with Crippen molar-refractivity contribution in [3.05, 3.63) is 62.6 Å². The number of benzene rings is 2. The van der Waals surface area contributed by atoms with Crippen LogP contribution in [0.3, 0.4) is 0 Å². The van der Waals surface area contributed by atoms with Crippen molar-refractivity contribution in [2.75, 3.05) is 13.7 Å². The van der Waals surface area contributed by atoms with Crippen molar-refractivity contribution in [2.24, 2.45) is 0 Å². The number of ether oxygens (including phenoxy) is 1. The molecular formula is C16H17Cl4NO. The molecule has 0 saturated heterocycles. The summed E-state index contributed by atoms with van der Waals surface area (Å²) >= 11 is 18.0. The van der Waals surface area contributed by atoms with Crippen LogP contribution in [0.5, 0.6) is 5.75 Å². The van der Waals surface area contributed by atoms with Crippen molar-refractivity contribution in [1.82, 2.24) is 5.32 Å². The molecule has 6 heteroatoms. The summed E-state index contributed by atoms with van der Waals surface area (Å²) in [6.45, 7) is 1.49. The van der Waals surface area contributed by atoms with Gasteiger partial charge < -0.3 is 10.1 Å². The predicted octanol–water partition coefficient (Wildman–Crippen LogP) is 5.41. The van der Waals surface area contributed by atoms with E-state index in [0.717, 1.165) is 29.8 Å². The first-order chi connectivity index (χ1) is 10.1. The number of hydrogen-bond acceptors (Lipinski definition) is 2. The molecule has 22 heavy (non-hydrogen) atoms. The largest absolute Gasteiger partial charge is 0.496 e. The standard InChI is InChI=1S/C16H16Cl3NO.ClH/c1-21-16-5-4-13(17)8-12(16)10-20-7-6-11-2-3-14(18)9-15(11)19;/h2-5,8-9,20H,6-7,10H2,1H3;1H. The maximum atomic E-state index is 6.14. The molecule has 0 saturated carbocycles. The molecule has 2 nitrogen and oxygen atoms in total. The van der Waals surface area contributed by atoms with Crippen LogP contribution in [0.4, 0.5) is 0 Å². The van der Waals surface area contributed by atoms with E-state index in [1.807, 2.05) is 30.3 Å². The lowest BCUT2D eigenvalue weighted by Crippen LogP contribution is -2.17. The average Bonchev–Trinajstić information content (AvgIpc) is 2.45. The Kier molecular flexibility index (Phi) is 8.37. The Morgan fingerprint density at radius 3 is 2.32 bits per heavy atom. The zero-order valence-electron chi connectivity index (χ0n) is 12.0. The highest BCUT2D eigenvalue weighted by atomic mass is 35.5. The maximum absolute atomic E-state index is 6.14. The molecule has 1 N–H and O–H groups in total. The molecule has 0 fully saturated rings. The summed E-state index contributed by atoms with van der Waals surface area (Å²) in [5.74, 6) is 0.830. The maximum Gasteiger partial charge on any atom is 0.123 e. The van der Waals surface area contributed by atoms with Crippen LogP contribution in [0.25, 0.3) is 0 Å². The van der Waals surface area contributed by atoms with E-state index in [9.17, 15) is 0 Å². The molecule has 0 aliphatic rings. The van der Waals surface area contributed by atoms with E-state index in [2.05, 4.69) is 5.32 Å². The van der Waals surface area contributed by atoms with E-state index < -0.39 is 0 Å². The molecule has 2 aromatic rings. The second kappa shape index (κ2) is 9.49. The molecule has 0 bridgehead atoms. The van der Waals surface area contributed by atoms with Gasteiger partial charge in [0.2, 0.25) is 0 Å². The highest BCUT2D eigenvalue weighted by Gasteiger charge is 2.04. The van der Waals surface area contributed by atoms with E-state index >= 15 is 0 Å². The van der Waals surface area contributed by atoms with Gasteiger partial charge >= 0.3 is 0 Å². The van der Waals surface area contributed by atoms with Gasteiger partial charge in [-0.15, -0.1) is 12.4 Å². The van der Waals surface area contributed by atoms with E-state index in [1.54, 1.807) is 13.2 Å². The summed E-state index contributed by atoms with van der Waals surface area (Å²) < 4.78 is 5.31. The highest BCUT2D eigenvalue weighted by molar-refractivity contribution is 6.35. The first-order valence-corrected chi connectivity index (χ1v) is 7.70. The molecule has 0 radical (unpaired) electrons. The third kappa shape index (κ3) is 5.53. The van der Waals surface area contributed by atoms with Gasteiger partial charge in [0, 0.05) is 27.2 Å². The van der Waals surface area contributed by atoms with E-state index in [4.69, 9.17) is 39.5 Å². The average molecular weight is 381 g/mol. The Labute approximate surface area is 152 Å². The summed E-state index contributed by atoms with van der Waals surface area (Å²) in [4.78, 5) is 0. The zero-order valence-corrected chi connectivity index (χ0v) is 15.1. The summed E-state index contributed by atoms with van der Waals surface area (Å²) in [5.41, 5.74) is 2.11. The van der Waals surface area contributed by atoms with Crippen LogP contribution >= 0.6 is 47.2 Å². The Bertz CT molecular complexity index is 619. The van der Waals surface area contributed by atoms with Crippen LogP contribution < -0.4 is 10.1 Å². The fraction of sp³-hybridized carbons (Fsp3) is 0.250. The Hall–Kier alpha value is -0.640. The van der Waals surface area contributed by atoms with Crippen LogP contribution in [0.15, 0.2) is 36.4 Å². The van der Waals surface area contributed by atoms with Crippen molar-refractivity contribution in [1.29, 1.82) is 0 Å². The van der Waals surface area contributed by atoms with Gasteiger partial charge in [-0.25, -0.2) is 0 Å². The molecule has 2 aromatic carbocycles. The lowest BCUT2D eigenvalue weighted by molar-refractivity contribution is 0.408. The Morgan fingerprint density at radius 2 is 1.64 bits per heavy atom. The third-order valence-corrected chi connectivity index (χ3v) is 3.97. The van der Waals surface area contributed by atoms with Gasteiger partial charge in [0.15, 0.2) is 0 Å². The zero-order chi connectivity index (χ0) is 15.2. The number of rotatable bonds is 6. The highest BCUT2D eigenvalue weighted by Crippen LogP contribution is 2.23. The minimum absolute atomic E-state index is 0. The van der Waals surface area contributed by atoms with Crippen LogP contribution in [0, 0.1) is 0 Å². The van der Waals surface area contributed by atoms with Gasteiger partial charge in [-0.3, -0.25) is 0 Å². The minimum Gasteiger partial charge on any atom is -0.496 e. The van der Waals surface area contributed by atoms with Gasteiger partial charge in [0.05, 0.1) is 7.11 Å². The van der Waals surface area contributed by atoms with Crippen LogP contribution in [0.2, 0.25) is 15.1 Å². The van der Waals surface area contributed by atoms with Crippen molar-refractivity contribution in [3.8, 4) is 5.75 Å². The molecule has 0 aliphatic heterocycles. The number of halogens is 4. The first-order valence-electron chi connectivity index (χ1n) is 6.57. The smallest absolute Gasteiger partial charge is 0.123 e. The third-order valence-electron chi connectivity index (χ3n) is 3.14. The van der Waals surface area contributed by atoms with Crippen molar-refractivity contribution in [2.45, 2.75) is 13.0 Å². The molecule has 0 aliphatic carbocycles. The second-order valence-corrected chi connectivity index (χ2v) is 5.90. The Morgan fingerprint density at radius 1 is 0.955 bits per heavy atom. The monoisotopic (exact) mass is 379 g/mol. The summed E-state index contributed by atoms with van der Waals surface area (Å²) in [5, 5.41) is 5.42. The van der Waals surface area contributed by atoms with E-state index in [0.29, 0.717) is 21.6 Å². The molecule has 0 spiro atoms. The van der Waals surface area contributed by atoms with Crippen LogP contribution in [-0.2, 0) is 13.0 Å². The first kappa shape index (κ1) is 19.4. The topological polar surface area (TPSA) is 21.3 Å². The normalized spacial score (nSPS) is 10.2. The number of hydrogen-bond donors (Lipinski definition) is 1. The molecule has 0 heterocycles. The van der Waals surface area contributed by atoms with Gasteiger partial charge in [-0.2, -0.15) is 0 Å². The van der Waals surface area contributed by atoms with Crippen molar-refractivity contribution in [3.63, 3.8) is 0 Å². The molecule has 0 atom stereocenters. The molecule has 0 aromatic heterocycles. The van der Waals surface area contributed by atoms with Gasteiger partial charge in [-0.05, 0) is 48.9 Å². The fourth-order valence-corrected chi connectivity index (χ4v) is 2.75. The van der Waals surface area contributed by atoms with Crippen LogP contribution in [-0.4, -0.2) is 13.7 Å². The van der Waals surface area contributed by atoms with Gasteiger partial charge in [0.25, 0.3) is 0 Å². The summed E-state index contributed by atoms with van der Waals surface area (Å²) in [6.07, 6.45) is 0.832. The van der Waals surface area contributed by atoms with Crippen molar-refractivity contribution < 1.29 is 4.74 Å². The SMILES string of the molecule is COc1ccc(Cl)cc1CNCCc1ccc(Cl)cc1Cl.Cl. The molecule has 2 rings (SSSR count). The lowest BCUT2D eigenvalue weighted by atomic mass is 10.1.